The third-order valence-corrected chi connectivity index (χ3v) is 4.89. The number of hydrogen-bond acceptors (Lipinski definition) is 3. The minimum atomic E-state index is -0.303. The lowest BCUT2D eigenvalue weighted by molar-refractivity contribution is 0.208. The SMILES string of the molecule is Fc1cc(-c2ccc3c(c2)OCC3)ccc1OCC1CCNCC1. The van der Waals surface area contributed by atoms with Gasteiger partial charge in [-0.25, -0.2) is 4.39 Å². The number of fused-ring (bicyclic) bond motifs is 1. The van der Waals surface area contributed by atoms with E-state index in [-0.39, 0.29) is 5.82 Å². The van der Waals surface area contributed by atoms with Gasteiger partial charge in [-0.2, -0.15) is 0 Å². The molecule has 0 bridgehead atoms. The quantitative estimate of drug-likeness (QED) is 0.926. The molecular weight excluding hydrogens is 305 g/mol. The van der Waals surface area contributed by atoms with Gasteiger partial charge in [-0.3, -0.25) is 0 Å². The second-order valence-corrected chi connectivity index (χ2v) is 6.57. The summed E-state index contributed by atoms with van der Waals surface area (Å²) in [6, 6.07) is 11.3. The Labute approximate surface area is 141 Å². The highest BCUT2D eigenvalue weighted by Crippen LogP contribution is 2.32. The van der Waals surface area contributed by atoms with Crippen molar-refractivity contribution in [3.63, 3.8) is 0 Å². The highest BCUT2D eigenvalue weighted by Gasteiger charge is 2.16. The lowest BCUT2D eigenvalue weighted by Gasteiger charge is -2.22. The van der Waals surface area contributed by atoms with Crippen LogP contribution in [-0.2, 0) is 6.42 Å². The highest BCUT2D eigenvalue weighted by molar-refractivity contribution is 5.67. The number of nitrogens with one attached hydrogen (secondary N) is 1. The third-order valence-electron chi connectivity index (χ3n) is 4.89. The molecule has 1 fully saturated rings. The van der Waals surface area contributed by atoms with Crippen LogP contribution in [0.4, 0.5) is 4.39 Å². The van der Waals surface area contributed by atoms with Gasteiger partial charge in [0.1, 0.15) is 5.75 Å². The molecule has 1 N–H and O–H groups in total. The summed E-state index contributed by atoms with van der Waals surface area (Å²) in [4.78, 5) is 0. The molecule has 4 rings (SSSR count). The van der Waals surface area contributed by atoms with Crippen LogP contribution in [0.25, 0.3) is 11.1 Å². The molecule has 2 aliphatic heterocycles. The van der Waals surface area contributed by atoms with Crippen molar-refractivity contribution in [2.45, 2.75) is 19.3 Å². The molecule has 0 aromatic heterocycles. The van der Waals surface area contributed by atoms with Gasteiger partial charge in [0.05, 0.1) is 13.2 Å². The first kappa shape index (κ1) is 15.5. The molecule has 0 saturated carbocycles. The predicted octanol–water partition coefficient (Wildman–Crippen LogP) is 3.81. The van der Waals surface area contributed by atoms with E-state index in [1.807, 2.05) is 18.2 Å². The predicted molar refractivity (Wildman–Crippen MR) is 92.1 cm³/mol. The zero-order valence-electron chi connectivity index (χ0n) is 13.7. The van der Waals surface area contributed by atoms with Crippen molar-refractivity contribution in [1.29, 1.82) is 0 Å². The molecule has 2 aromatic carbocycles. The molecule has 2 heterocycles. The van der Waals surface area contributed by atoms with Gasteiger partial charge in [-0.05, 0) is 66.7 Å². The average molecular weight is 327 g/mol. The van der Waals surface area contributed by atoms with E-state index in [0.717, 1.165) is 55.8 Å². The van der Waals surface area contributed by atoms with Crippen molar-refractivity contribution in [2.75, 3.05) is 26.3 Å². The first-order valence-corrected chi connectivity index (χ1v) is 8.69. The van der Waals surface area contributed by atoms with Crippen LogP contribution >= 0.6 is 0 Å². The van der Waals surface area contributed by atoms with E-state index in [1.54, 1.807) is 12.1 Å². The Morgan fingerprint density at radius 3 is 2.71 bits per heavy atom. The number of piperidine rings is 1. The standard InChI is InChI=1S/C20H22FNO2/c21-18-11-16(17-2-1-15-7-10-23-20(15)12-17)3-4-19(18)24-13-14-5-8-22-9-6-14/h1-4,11-12,14,22H,5-10,13H2. The monoisotopic (exact) mass is 327 g/mol. The van der Waals surface area contributed by atoms with Crippen LogP contribution in [0.3, 0.4) is 0 Å². The first-order chi connectivity index (χ1) is 11.8. The number of rotatable bonds is 4. The minimum Gasteiger partial charge on any atom is -0.493 e. The summed E-state index contributed by atoms with van der Waals surface area (Å²) in [7, 11) is 0. The Morgan fingerprint density at radius 1 is 1.08 bits per heavy atom. The van der Waals surface area contributed by atoms with Gasteiger partial charge in [0.15, 0.2) is 11.6 Å². The van der Waals surface area contributed by atoms with Crippen molar-refractivity contribution in [1.82, 2.24) is 5.32 Å². The summed E-state index contributed by atoms with van der Waals surface area (Å²) in [5.41, 5.74) is 3.04. The van der Waals surface area contributed by atoms with E-state index < -0.39 is 0 Å². The third kappa shape index (κ3) is 3.24. The summed E-state index contributed by atoms with van der Waals surface area (Å²) in [6.45, 7) is 3.37. The van der Waals surface area contributed by atoms with Gasteiger partial charge >= 0.3 is 0 Å². The number of ether oxygens (including phenoxy) is 2. The molecule has 0 atom stereocenters. The van der Waals surface area contributed by atoms with Crippen LogP contribution in [0.2, 0.25) is 0 Å². The lowest BCUT2D eigenvalue weighted by atomic mass is 9.99. The molecule has 2 aromatic rings. The zero-order valence-corrected chi connectivity index (χ0v) is 13.7. The summed E-state index contributed by atoms with van der Waals surface area (Å²) in [6.07, 6.45) is 3.14. The van der Waals surface area contributed by atoms with E-state index >= 15 is 0 Å². The summed E-state index contributed by atoms with van der Waals surface area (Å²) < 4.78 is 25.7. The van der Waals surface area contributed by atoms with Gasteiger partial charge in [0, 0.05) is 6.42 Å². The molecular formula is C20H22FNO2. The largest absolute Gasteiger partial charge is 0.493 e. The molecule has 0 unspecified atom stereocenters. The maximum absolute atomic E-state index is 14.4. The fourth-order valence-corrected chi connectivity index (χ4v) is 3.40. The van der Waals surface area contributed by atoms with Crippen molar-refractivity contribution in [3.05, 3.63) is 47.8 Å². The molecule has 0 spiro atoms. The Kier molecular flexibility index (Phi) is 4.39. The van der Waals surface area contributed by atoms with E-state index in [9.17, 15) is 4.39 Å². The van der Waals surface area contributed by atoms with Gasteiger partial charge in [-0.1, -0.05) is 18.2 Å². The lowest BCUT2D eigenvalue weighted by Crippen LogP contribution is -2.30. The van der Waals surface area contributed by atoms with Crippen molar-refractivity contribution in [2.24, 2.45) is 5.92 Å². The molecule has 126 valence electrons. The smallest absolute Gasteiger partial charge is 0.165 e. The van der Waals surface area contributed by atoms with E-state index in [2.05, 4.69) is 11.4 Å². The molecule has 4 heteroatoms. The van der Waals surface area contributed by atoms with Crippen LogP contribution in [0.1, 0.15) is 18.4 Å². The summed E-state index contributed by atoms with van der Waals surface area (Å²) in [5.74, 6) is 1.47. The zero-order chi connectivity index (χ0) is 16.4. The number of benzene rings is 2. The second kappa shape index (κ2) is 6.81. The highest BCUT2D eigenvalue weighted by atomic mass is 19.1. The van der Waals surface area contributed by atoms with Crippen LogP contribution in [0, 0.1) is 11.7 Å². The molecule has 0 aliphatic carbocycles. The van der Waals surface area contributed by atoms with Gasteiger partial charge < -0.3 is 14.8 Å². The van der Waals surface area contributed by atoms with Gasteiger partial charge in [-0.15, -0.1) is 0 Å². The van der Waals surface area contributed by atoms with Crippen molar-refractivity contribution in [3.8, 4) is 22.6 Å². The fourth-order valence-electron chi connectivity index (χ4n) is 3.40. The first-order valence-electron chi connectivity index (χ1n) is 8.69. The van der Waals surface area contributed by atoms with Crippen LogP contribution in [-0.4, -0.2) is 26.3 Å². The average Bonchev–Trinajstić information content (AvgIpc) is 3.09. The summed E-state index contributed by atoms with van der Waals surface area (Å²) >= 11 is 0. The van der Waals surface area contributed by atoms with Crippen LogP contribution in [0.15, 0.2) is 36.4 Å². The summed E-state index contributed by atoms with van der Waals surface area (Å²) in [5, 5.41) is 3.33. The van der Waals surface area contributed by atoms with E-state index in [1.165, 1.54) is 5.56 Å². The van der Waals surface area contributed by atoms with Gasteiger partial charge in [0.25, 0.3) is 0 Å². The van der Waals surface area contributed by atoms with Crippen molar-refractivity contribution >= 4 is 0 Å². The van der Waals surface area contributed by atoms with Gasteiger partial charge in [0.2, 0.25) is 0 Å². The molecule has 1 saturated heterocycles. The maximum Gasteiger partial charge on any atom is 0.165 e. The Morgan fingerprint density at radius 2 is 1.88 bits per heavy atom. The van der Waals surface area contributed by atoms with E-state index in [4.69, 9.17) is 9.47 Å². The molecule has 24 heavy (non-hydrogen) atoms. The molecule has 3 nitrogen and oxygen atoms in total. The normalized spacial score (nSPS) is 17.4. The number of halogens is 1. The second-order valence-electron chi connectivity index (χ2n) is 6.57. The minimum absolute atomic E-state index is 0.303. The Balaban J connectivity index is 1.47. The van der Waals surface area contributed by atoms with Crippen LogP contribution in [0.5, 0.6) is 11.5 Å². The molecule has 0 amide bonds. The Hall–Kier alpha value is -2.07. The maximum atomic E-state index is 14.4. The van der Waals surface area contributed by atoms with E-state index in [0.29, 0.717) is 18.3 Å². The number of hydrogen-bond donors (Lipinski definition) is 1. The van der Waals surface area contributed by atoms with Crippen molar-refractivity contribution < 1.29 is 13.9 Å². The molecule has 0 radical (unpaired) electrons. The topological polar surface area (TPSA) is 30.5 Å². The van der Waals surface area contributed by atoms with Crippen LogP contribution < -0.4 is 14.8 Å². The fraction of sp³-hybridized carbons (Fsp3) is 0.400. The Bertz CT molecular complexity index is 726. The molecule has 2 aliphatic rings.